The monoisotopic (exact) mass is 576 g/mol. The molecule has 2 aromatic heterocycles. The summed E-state index contributed by atoms with van der Waals surface area (Å²) in [6.45, 7) is 7.02. The fraction of sp³-hybridized carbons (Fsp3) is 0.267. The van der Waals surface area contributed by atoms with E-state index in [9.17, 15) is 24.3 Å². The van der Waals surface area contributed by atoms with Crippen molar-refractivity contribution < 1.29 is 33.7 Å². The SMILES string of the molecule is COC(=O)c1cc(-c2cc3cc(C(=O)OCc4ccccc4)ccc3n2C(=O)O)c(=O)n(COCC[Si](C)(C)C)c1. The first kappa shape index (κ1) is 29.5. The van der Waals surface area contributed by atoms with Crippen molar-refractivity contribution in [2.75, 3.05) is 13.7 Å². The number of carboxylic acid groups (broad SMARTS) is 1. The van der Waals surface area contributed by atoms with Crippen LogP contribution in [-0.4, -0.2) is 54.1 Å². The molecule has 11 heteroatoms. The Labute approximate surface area is 237 Å². The number of ether oxygens (including phenoxy) is 3. The van der Waals surface area contributed by atoms with Gasteiger partial charge in [-0.25, -0.2) is 19.0 Å². The highest BCUT2D eigenvalue weighted by Gasteiger charge is 2.22. The Hall–Kier alpha value is -4.48. The highest BCUT2D eigenvalue weighted by atomic mass is 28.3. The highest BCUT2D eigenvalue weighted by molar-refractivity contribution is 6.76. The Balaban J connectivity index is 1.73. The van der Waals surface area contributed by atoms with Crippen LogP contribution in [0.15, 0.2) is 71.7 Å². The predicted octanol–water partition coefficient (Wildman–Crippen LogP) is 5.45. The number of esters is 2. The average molecular weight is 577 g/mol. The van der Waals surface area contributed by atoms with Gasteiger partial charge >= 0.3 is 18.0 Å². The number of hydrogen-bond donors (Lipinski definition) is 1. The standard InChI is InChI=1S/C30H32N2O8Si/c1-38-28(34)23-15-24(27(33)31(17-23)19-39-12-13-41(2,3)4)26-16-22-14-21(10-11-25(22)32(26)30(36)37)29(35)40-18-20-8-6-5-7-9-20/h5-11,14-17H,12-13,18-19H2,1-4H3,(H,36,37). The van der Waals surface area contributed by atoms with Crippen LogP contribution in [-0.2, 0) is 27.5 Å². The molecular formula is C30H32N2O8Si. The minimum absolute atomic E-state index is 0.0338. The minimum Gasteiger partial charge on any atom is -0.465 e. The van der Waals surface area contributed by atoms with Gasteiger partial charge in [0.05, 0.1) is 35.0 Å². The van der Waals surface area contributed by atoms with Gasteiger partial charge in [0.15, 0.2) is 0 Å². The molecule has 4 aromatic rings. The molecule has 0 saturated heterocycles. The fourth-order valence-corrected chi connectivity index (χ4v) is 5.00. The van der Waals surface area contributed by atoms with E-state index in [-0.39, 0.29) is 41.2 Å². The Morgan fingerprint density at radius 3 is 2.32 bits per heavy atom. The summed E-state index contributed by atoms with van der Waals surface area (Å²) in [4.78, 5) is 51.1. The third-order valence-corrected chi connectivity index (χ3v) is 8.16. The van der Waals surface area contributed by atoms with Crippen molar-refractivity contribution in [3.8, 4) is 11.3 Å². The van der Waals surface area contributed by atoms with Crippen molar-refractivity contribution in [1.82, 2.24) is 9.13 Å². The molecule has 0 amide bonds. The van der Waals surface area contributed by atoms with Crippen LogP contribution in [0.2, 0.25) is 25.7 Å². The second-order valence-corrected chi connectivity index (χ2v) is 16.4. The molecular weight excluding hydrogens is 544 g/mol. The highest BCUT2D eigenvalue weighted by Crippen LogP contribution is 2.28. The van der Waals surface area contributed by atoms with E-state index in [1.807, 2.05) is 30.3 Å². The van der Waals surface area contributed by atoms with Crippen molar-refractivity contribution in [2.24, 2.45) is 0 Å². The zero-order valence-corrected chi connectivity index (χ0v) is 24.4. The van der Waals surface area contributed by atoms with E-state index in [1.54, 1.807) is 0 Å². The summed E-state index contributed by atoms with van der Waals surface area (Å²) in [6, 6.07) is 17.3. The van der Waals surface area contributed by atoms with E-state index < -0.39 is 31.7 Å². The van der Waals surface area contributed by atoms with E-state index in [0.717, 1.165) is 16.2 Å². The zero-order valence-electron chi connectivity index (χ0n) is 23.4. The van der Waals surface area contributed by atoms with E-state index >= 15 is 0 Å². The van der Waals surface area contributed by atoms with Crippen LogP contribution in [0.5, 0.6) is 0 Å². The topological polar surface area (TPSA) is 126 Å². The second-order valence-electron chi connectivity index (χ2n) is 10.7. The Morgan fingerprint density at radius 1 is 0.927 bits per heavy atom. The van der Waals surface area contributed by atoms with Crippen LogP contribution >= 0.6 is 0 Å². The van der Waals surface area contributed by atoms with Crippen LogP contribution in [0, 0.1) is 0 Å². The van der Waals surface area contributed by atoms with Crippen molar-refractivity contribution in [3.63, 3.8) is 0 Å². The molecule has 10 nitrogen and oxygen atoms in total. The summed E-state index contributed by atoms with van der Waals surface area (Å²) < 4.78 is 18.2. The summed E-state index contributed by atoms with van der Waals surface area (Å²) in [5, 5.41) is 10.5. The van der Waals surface area contributed by atoms with Gasteiger partial charge in [0.25, 0.3) is 5.56 Å². The first-order valence-electron chi connectivity index (χ1n) is 13.0. The third kappa shape index (κ3) is 7.00. The van der Waals surface area contributed by atoms with Crippen molar-refractivity contribution in [1.29, 1.82) is 0 Å². The van der Waals surface area contributed by atoms with Crippen LogP contribution in [0.4, 0.5) is 4.79 Å². The molecule has 0 aliphatic carbocycles. The maximum absolute atomic E-state index is 13.5. The number of fused-ring (bicyclic) bond motifs is 1. The lowest BCUT2D eigenvalue weighted by molar-refractivity contribution is 0.0472. The van der Waals surface area contributed by atoms with Crippen molar-refractivity contribution >= 4 is 37.0 Å². The molecule has 0 atom stereocenters. The molecule has 0 spiro atoms. The molecule has 0 bridgehead atoms. The summed E-state index contributed by atoms with van der Waals surface area (Å²) in [5.41, 5.74) is 0.823. The number of methoxy groups -OCH3 is 1. The van der Waals surface area contributed by atoms with Crippen molar-refractivity contribution in [3.05, 3.63) is 93.9 Å². The average Bonchev–Trinajstić information content (AvgIpc) is 3.33. The Morgan fingerprint density at radius 2 is 1.66 bits per heavy atom. The zero-order chi connectivity index (χ0) is 29.7. The molecule has 0 aliphatic rings. The van der Waals surface area contributed by atoms with Gasteiger partial charge in [0.2, 0.25) is 0 Å². The van der Waals surface area contributed by atoms with Crippen LogP contribution in [0.25, 0.3) is 22.2 Å². The molecule has 0 saturated carbocycles. The number of pyridine rings is 1. The van der Waals surface area contributed by atoms with Gasteiger partial charge in [-0.3, -0.25) is 9.36 Å². The number of hydrogen-bond acceptors (Lipinski definition) is 7. The number of rotatable bonds is 10. The smallest absolute Gasteiger partial charge is 0.416 e. The molecule has 4 rings (SSSR count). The van der Waals surface area contributed by atoms with Gasteiger partial charge < -0.3 is 19.3 Å². The van der Waals surface area contributed by atoms with Gasteiger partial charge in [0, 0.05) is 26.3 Å². The van der Waals surface area contributed by atoms with Gasteiger partial charge in [-0.1, -0.05) is 50.0 Å². The number of carbonyl (C=O) groups is 3. The largest absolute Gasteiger partial charge is 0.465 e. The van der Waals surface area contributed by atoms with Crippen LogP contribution in [0.3, 0.4) is 0 Å². The lowest BCUT2D eigenvalue weighted by atomic mass is 10.1. The Kier molecular flexibility index (Phi) is 8.89. The summed E-state index contributed by atoms with van der Waals surface area (Å²) >= 11 is 0. The first-order chi connectivity index (χ1) is 19.5. The van der Waals surface area contributed by atoms with Crippen molar-refractivity contribution in [2.45, 2.75) is 39.0 Å². The molecule has 0 radical (unpaired) electrons. The lowest BCUT2D eigenvalue weighted by Crippen LogP contribution is -2.27. The lowest BCUT2D eigenvalue weighted by Gasteiger charge is -2.16. The third-order valence-electron chi connectivity index (χ3n) is 6.45. The quantitative estimate of drug-likeness (QED) is 0.150. The molecule has 0 unspecified atom stereocenters. The Bertz CT molecular complexity index is 1650. The molecule has 0 fully saturated rings. The maximum Gasteiger partial charge on any atom is 0.416 e. The number of carbonyl (C=O) groups excluding carboxylic acids is 2. The molecule has 2 heterocycles. The number of nitrogens with zero attached hydrogens (tertiary/aromatic N) is 2. The maximum atomic E-state index is 13.5. The summed E-state index contributed by atoms with van der Waals surface area (Å²) in [7, 11) is -0.153. The molecule has 0 aliphatic heterocycles. The predicted molar refractivity (Wildman–Crippen MR) is 156 cm³/mol. The minimum atomic E-state index is -1.37. The van der Waals surface area contributed by atoms with Gasteiger partial charge in [-0.15, -0.1) is 0 Å². The van der Waals surface area contributed by atoms with E-state index in [0.29, 0.717) is 12.0 Å². The first-order valence-corrected chi connectivity index (χ1v) is 16.7. The van der Waals surface area contributed by atoms with Crippen LogP contribution < -0.4 is 5.56 Å². The molecule has 1 N–H and O–H groups in total. The van der Waals surface area contributed by atoms with E-state index in [4.69, 9.17) is 14.2 Å². The fourth-order valence-electron chi connectivity index (χ4n) is 4.24. The number of benzene rings is 2. The summed E-state index contributed by atoms with van der Waals surface area (Å²) in [6.07, 6.45) is -0.00365. The number of aromatic nitrogens is 2. The second kappa shape index (κ2) is 12.4. The molecule has 41 heavy (non-hydrogen) atoms. The van der Waals surface area contributed by atoms with E-state index in [1.165, 1.54) is 48.2 Å². The molecule has 214 valence electrons. The van der Waals surface area contributed by atoms with Gasteiger partial charge in [-0.2, -0.15) is 0 Å². The normalized spacial score (nSPS) is 11.4. The van der Waals surface area contributed by atoms with Crippen LogP contribution in [0.1, 0.15) is 26.3 Å². The summed E-state index contributed by atoms with van der Waals surface area (Å²) in [5.74, 6) is -1.27. The van der Waals surface area contributed by atoms with E-state index in [2.05, 4.69) is 19.6 Å². The van der Waals surface area contributed by atoms with Gasteiger partial charge in [0.1, 0.15) is 13.3 Å². The van der Waals surface area contributed by atoms with Gasteiger partial charge in [-0.05, 0) is 41.9 Å². The molecule has 2 aromatic carbocycles.